The van der Waals surface area contributed by atoms with Crippen molar-refractivity contribution in [2.45, 2.75) is 39.7 Å². The van der Waals surface area contributed by atoms with E-state index >= 15 is 0 Å². The van der Waals surface area contributed by atoms with Crippen LogP contribution in [0.3, 0.4) is 0 Å². The van der Waals surface area contributed by atoms with Gasteiger partial charge >= 0.3 is 0 Å². The minimum atomic E-state index is 0.221. The topological polar surface area (TPSA) is 34.4 Å². The molecule has 1 aromatic heterocycles. The summed E-state index contributed by atoms with van der Waals surface area (Å²) in [6.45, 7) is 9.65. The Morgan fingerprint density at radius 2 is 2.33 bits per heavy atom. The van der Waals surface area contributed by atoms with Crippen LogP contribution < -0.4 is 5.32 Å². The standard InChI is InChI=1S/C15H25NO2/c1-12(2)9-16-11-15(5-7-18-13(15)3)8-14-4-6-17-10-14/h4,6,10,12-13,16H,5,7-9,11H2,1-3H3. The monoisotopic (exact) mass is 251 g/mol. The highest BCUT2D eigenvalue weighted by atomic mass is 16.5. The van der Waals surface area contributed by atoms with E-state index in [4.69, 9.17) is 9.15 Å². The van der Waals surface area contributed by atoms with Crippen LogP contribution in [0.4, 0.5) is 0 Å². The van der Waals surface area contributed by atoms with E-state index in [0.29, 0.717) is 12.0 Å². The van der Waals surface area contributed by atoms with Crippen LogP contribution in [0.15, 0.2) is 23.0 Å². The molecule has 1 aromatic rings. The molecule has 3 heteroatoms. The van der Waals surface area contributed by atoms with Crippen molar-refractivity contribution in [1.29, 1.82) is 0 Å². The smallest absolute Gasteiger partial charge is 0.0934 e. The van der Waals surface area contributed by atoms with Crippen LogP contribution in [-0.2, 0) is 11.2 Å². The van der Waals surface area contributed by atoms with E-state index in [9.17, 15) is 0 Å². The average molecular weight is 251 g/mol. The Balaban J connectivity index is 1.99. The first-order valence-electron chi connectivity index (χ1n) is 6.96. The van der Waals surface area contributed by atoms with Crippen LogP contribution in [0.2, 0.25) is 0 Å². The molecule has 2 atom stereocenters. The molecular formula is C15H25NO2. The van der Waals surface area contributed by atoms with Gasteiger partial charge in [0.2, 0.25) is 0 Å². The molecule has 0 spiro atoms. The lowest BCUT2D eigenvalue weighted by atomic mass is 9.76. The molecule has 0 bridgehead atoms. The van der Waals surface area contributed by atoms with Crippen LogP contribution in [-0.4, -0.2) is 25.8 Å². The fourth-order valence-corrected chi connectivity index (χ4v) is 2.76. The molecule has 3 nitrogen and oxygen atoms in total. The van der Waals surface area contributed by atoms with Gasteiger partial charge in [-0.1, -0.05) is 13.8 Å². The maximum Gasteiger partial charge on any atom is 0.0934 e. The van der Waals surface area contributed by atoms with Crippen molar-refractivity contribution in [1.82, 2.24) is 5.32 Å². The van der Waals surface area contributed by atoms with Crippen LogP contribution in [0.25, 0.3) is 0 Å². The normalized spacial score (nSPS) is 28.1. The number of hydrogen-bond acceptors (Lipinski definition) is 3. The molecule has 1 aliphatic rings. The second kappa shape index (κ2) is 5.89. The van der Waals surface area contributed by atoms with Gasteiger partial charge in [0.25, 0.3) is 0 Å². The molecule has 0 aromatic carbocycles. The minimum absolute atomic E-state index is 0.221. The number of ether oxygens (including phenoxy) is 1. The van der Waals surface area contributed by atoms with E-state index in [1.54, 1.807) is 6.26 Å². The summed E-state index contributed by atoms with van der Waals surface area (Å²) in [6, 6.07) is 2.06. The summed E-state index contributed by atoms with van der Waals surface area (Å²) in [7, 11) is 0. The van der Waals surface area contributed by atoms with Crippen molar-refractivity contribution < 1.29 is 9.15 Å². The predicted octanol–water partition coefficient (Wildman–Crippen LogP) is 2.86. The van der Waals surface area contributed by atoms with Gasteiger partial charge < -0.3 is 14.5 Å². The molecule has 0 aliphatic carbocycles. The Morgan fingerprint density at radius 3 is 2.89 bits per heavy atom. The molecule has 1 fully saturated rings. The molecule has 18 heavy (non-hydrogen) atoms. The van der Waals surface area contributed by atoms with Crippen molar-refractivity contribution in [3.63, 3.8) is 0 Å². The summed E-state index contributed by atoms with van der Waals surface area (Å²) in [5.41, 5.74) is 1.50. The zero-order valence-corrected chi connectivity index (χ0v) is 11.7. The number of hydrogen-bond donors (Lipinski definition) is 1. The van der Waals surface area contributed by atoms with Crippen molar-refractivity contribution in [3.05, 3.63) is 24.2 Å². The van der Waals surface area contributed by atoms with Crippen LogP contribution in [0.5, 0.6) is 0 Å². The first kappa shape index (κ1) is 13.6. The fraction of sp³-hybridized carbons (Fsp3) is 0.733. The third-order valence-corrected chi connectivity index (χ3v) is 4.00. The molecule has 2 rings (SSSR count). The van der Waals surface area contributed by atoms with Gasteiger partial charge in [-0.3, -0.25) is 0 Å². The highest BCUT2D eigenvalue weighted by molar-refractivity contribution is 5.11. The second-order valence-electron chi connectivity index (χ2n) is 5.96. The van der Waals surface area contributed by atoms with E-state index in [1.807, 2.05) is 6.26 Å². The molecule has 1 aliphatic heterocycles. The van der Waals surface area contributed by atoms with Gasteiger partial charge in [-0.25, -0.2) is 0 Å². The van der Waals surface area contributed by atoms with Gasteiger partial charge in [-0.15, -0.1) is 0 Å². The summed E-state index contributed by atoms with van der Waals surface area (Å²) in [5, 5.41) is 3.60. The zero-order chi connectivity index (χ0) is 13.0. The molecular weight excluding hydrogens is 226 g/mol. The SMILES string of the molecule is CC(C)CNCC1(Cc2ccoc2)CCOC1C. The lowest BCUT2D eigenvalue weighted by Crippen LogP contribution is -2.42. The lowest BCUT2D eigenvalue weighted by Gasteiger charge is -2.32. The maximum absolute atomic E-state index is 5.80. The summed E-state index contributed by atoms with van der Waals surface area (Å²) < 4.78 is 11.0. The third-order valence-electron chi connectivity index (χ3n) is 4.00. The van der Waals surface area contributed by atoms with Crippen molar-refractivity contribution in [3.8, 4) is 0 Å². The molecule has 0 saturated carbocycles. The van der Waals surface area contributed by atoms with Gasteiger partial charge in [-0.05, 0) is 43.9 Å². The largest absolute Gasteiger partial charge is 0.472 e. The van der Waals surface area contributed by atoms with E-state index < -0.39 is 0 Å². The Kier molecular flexibility index (Phi) is 4.46. The molecule has 0 radical (unpaired) electrons. The Bertz CT molecular complexity index is 347. The molecule has 1 saturated heterocycles. The first-order valence-corrected chi connectivity index (χ1v) is 6.96. The average Bonchev–Trinajstić information content (AvgIpc) is 2.91. The fourth-order valence-electron chi connectivity index (χ4n) is 2.76. The molecule has 2 heterocycles. The Labute approximate surface area is 110 Å². The summed E-state index contributed by atoms with van der Waals surface area (Å²) in [6.07, 6.45) is 6.09. The number of rotatable bonds is 6. The summed E-state index contributed by atoms with van der Waals surface area (Å²) >= 11 is 0. The number of nitrogens with one attached hydrogen (secondary N) is 1. The second-order valence-corrected chi connectivity index (χ2v) is 5.96. The predicted molar refractivity (Wildman–Crippen MR) is 72.6 cm³/mol. The molecule has 102 valence electrons. The number of furan rings is 1. The van der Waals surface area contributed by atoms with E-state index in [0.717, 1.165) is 32.5 Å². The summed E-state index contributed by atoms with van der Waals surface area (Å²) in [4.78, 5) is 0. The van der Waals surface area contributed by atoms with Gasteiger partial charge in [0.15, 0.2) is 0 Å². The van der Waals surface area contributed by atoms with Crippen molar-refractivity contribution in [2.24, 2.45) is 11.3 Å². The molecule has 0 amide bonds. The Hall–Kier alpha value is -0.800. The van der Waals surface area contributed by atoms with E-state index in [1.165, 1.54) is 5.56 Å². The van der Waals surface area contributed by atoms with Crippen LogP contribution in [0, 0.1) is 11.3 Å². The lowest BCUT2D eigenvalue weighted by molar-refractivity contribution is 0.0626. The van der Waals surface area contributed by atoms with Crippen LogP contribution >= 0.6 is 0 Å². The van der Waals surface area contributed by atoms with Gasteiger partial charge in [-0.2, -0.15) is 0 Å². The zero-order valence-electron chi connectivity index (χ0n) is 11.7. The Morgan fingerprint density at radius 1 is 1.50 bits per heavy atom. The van der Waals surface area contributed by atoms with Gasteiger partial charge in [0, 0.05) is 18.6 Å². The molecule has 1 N–H and O–H groups in total. The van der Waals surface area contributed by atoms with Gasteiger partial charge in [0.05, 0.1) is 18.6 Å². The van der Waals surface area contributed by atoms with Crippen molar-refractivity contribution in [2.75, 3.05) is 19.7 Å². The highest BCUT2D eigenvalue weighted by Gasteiger charge is 2.41. The third kappa shape index (κ3) is 3.15. The van der Waals surface area contributed by atoms with Crippen molar-refractivity contribution >= 4 is 0 Å². The van der Waals surface area contributed by atoms with E-state index in [2.05, 4.69) is 32.2 Å². The quantitative estimate of drug-likeness (QED) is 0.844. The van der Waals surface area contributed by atoms with Gasteiger partial charge in [0.1, 0.15) is 0 Å². The molecule has 2 unspecified atom stereocenters. The maximum atomic E-state index is 5.80. The van der Waals surface area contributed by atoms with E-state index in [-0.39, 0.29) is 5.41 Å². The minimum Gasteiger partial charge on any atom is -0.472 e. The van der Waals surface area contributed by atoms with Crippen LogP contribution in [0.1, 0.15) is 32.8 Å². The first-order chi connectivity index (χ1) is 8.62. The highest BCUT2D eigenvalue weighted by Crippen LogP contribution is 2.37. The summed E-state index contributed by atoms with van der Waals surface area (Å²) in [5.74, 6) is 0.689.